The van der Waals surface area contributed by atoms with Gasteiger partial charge in [-0.05, 0) is 6.08 Å². The summed E-state index contributed by atoms with van der Waals surface area (Å²) in [4.78, 5) is 21.1. The molecule has 2 unspecified atom stereocenters. The number of hydrogen-bond acceptors (Lipinski definition) is 3. The van der Waals surface area contributed by atoms with Crippen LogP contribution < -0.4 is 11.1 Å². The second-order valence-corrected chi connectivity index (χ2v) is 2.64. The molecule has 0 aromatic carbocycles. The van der Waals surface area contributed by atoms with E-state index in [9.17, 15) is 9.59 Å². The molecule has 0 radical (unpaired) electrons. The zero-order valence-corrected chi connectivity index (χ0v) is 6.77. The van der Waals surface area contributed by atoms with E-state index in [1.807, 2.05) is 0 Å². The van der Waals surface area contributed by atoms with Gasteiger partial charge in [-0.1, -0.05) is 0 Å². The van der Waals surface area contributed by atoms with Crippen molar-refractivity contribution in [2.75, 3.05) is 6.61 Å². The van der Waals surface area contributed by atoms with Crippen molar-refractivity contribution in [2.45, 2.75) is 6.04 Å². The van der Waals surface area contributed by atoms with Crippen LogP contribution in [0.25, 0.3) is 0 Å². The number of carboxylic acids is 1. The lowest BCUT2D eigenvalue weighted by atomic mass is 10.00. The van der Waals surface area contributed by atoms with Gasteiger partial charge in [0.15, 0.2) is 0 Å². The zero-order chi connectivity index (χ0) is 9.84. The second-order valence-electron chi connectivity index (χ2n) is 2.64. The number of aliphatic carboxylic acids is 1. The van der Waals surface area contributed by atoms with Crippen molar-refractivity contribution in [2.24, 2.45) is 11.7 Å². The van der Waals surface area contributed by atoms with Gasteiger partial charge < -0.3 is 20.9 Å². The molecule has 0 bridgehead atoms. The molecule has 6 heteroatoms. The summed E-state index contributed by atoms with van der Waals surface area (Å²) in [7, 11) is 0. The van der Waals surface area contributed by atoms with Crippen LogP contribution in [0.1, 0.15) is 0 Å². The lowest BCUT2D eigenvalue weighted by Crippen LogP contribution is -2.47. The normalized spacial score (nSPS) is 26.2. The Balaban J connectivity index is 2.66. The van der Waals surface area contributed by atoms with Gasteiger partial charge in [0, 0.05) is 0 Å². The van der Waals surface area contributed by atoms with Crippen molar-refractivity contribution in [3.05, 3.63) is 12.3 Å². The molecule has 0 aromatic rings. The molecule has 0 aromatic heterocycles. The summed E-state index contributed by atoms with van der Waals surface area (Å²) >= 11 is 0. The van der Waals surface area contributed by atoms with E-state index in [0.29, 0.717) is 0 Å². The van der Waals surface area contributed by atoms with Gasteiger partial charge in [-0.15, -0.1) is 0 Å². The molecule has 0 aliphatic carbocycles. The van der Waals surface area contributed by atoms with Gasteiger partial charge in [0.25, 0.3) is 0 Å². The number of hydrogen-bond donors (Lipinski definition) is 3. The Hall–Kier alpha value is -1.72. The molecule has 1 heterocycles. The van der Waals surface area contributed by atoms with Gasteiger partial charge in [0.2, 0.25) is 0 Å². The first kappa shape index (κ1) is 9.37. The quantitative estimate of drug-likeness (QED) is 0.529. The molecule has 2 atom stereocenters. The third kappa shape index (κ3) is 2.36. The van der Waals surface area contributed by atoms with Crippen LogP contribution in [0.5, 0.6) is 0 Å². The minimum Gasteiger partial charge on any atom is -0.500 e. The number of carboxylic acid groups (broad SMARTS) is 1. The van der Waals surface area contributed by atoms with Crippen molar-refractivity contribution < 1.29 is 19.4 Å². The first-order valence-electron chi connectivity index (χ1n) is 3.68. The first-order valence-corrected chi connectivity index (χ1v) is 3.68. The number of ether oxygens (including phenoxy) is 1. The number of nitrogens with one attached hydrogen (secondary N) is 1. The van der Waals surface area contributed by atoms with Crippen LogP contribution in [-0.4, -0.2) is 29.8 Å². The molecule has 4 N–H and O–H groups in total. The van der Waals surface area contributed by atoms with Crippen LogP contribution >= 0.6 is 0 Å². The van der Waals surface area contributed by atoms with Crippen molar-refractivity contribution in [3.63, 3.8) is 0 Å². The largest absolute Gasteiger partial charge is 0.500 e. The standard InChI is InChI=1S/C7H10N2O4/c8-7(12)9-5-1-2-13-3-4(5)6(10)11/h1-2,4-5H,3H2,(H,10,11)(H3,8,9,12). The van der Waals surface area contributed by atoms with E-state index in [1.165, 1.54) is 12.3 Å². The second kappa shape index (κ2) is 3.79. The fraction of sp³-hybridized carbons (Fsp3) is 0.429. The number of primary amides is 1. The maximum absolute atomic E-state index is 10.6. The predicted octanol–water partition coefficient (Wildman–Crippen LogP) is -0.732. The number of amides is 2. The topological polar surface area (TPSA) is 102 Å². The van der Waals surface area contributed by atoms with E-state index in [0.717, 1.165) is 0 Å². The minimum atomic E-state index is -1.02. The summed E-state index contributed by atoms with van der Waals surface area (Å²) < 4.78 is 4.80. The van der Waals surface area contributed by atoms with Crippen LogP contribution in [-0.2, 0) is 9.53 Å². The lowest BCUT2D eigenvalue weighted by molar-refractivity contribution is -0.144. The van der Waals surface area contributed by atoms with Gasteiger partial charge in [-0.3, -0.25) is 4.79 Å². The number of rotatable bonds is 2. The average Bonchev–Trinajstić information content (AvgIpc) is 2.03. The summed E-state index contributed by atoms with van der Waals surface area (Å²) in [6, 6.07) is -1.34. The van der Waals surface area contributed by atoms with E-state index in [2.05, 4.69) is 5.32 Å². The monoisotopic (exact) mass is 186 g/mol. The van der Waals surface area contributed by atoms with Crippen molar-refractivity contribution >= 4 is 12.0 Å². The van der Waals surface area contributed by atoms with E-state index in [1.54, 1.807) is 0 Å². The van der Waals surface area contributed by atoms with Crippen molar-refractivity contribution in [1.82, 2.24) is 5.32 Å². The third-order valence-electron chi connectivity index (χ3n) is 1.72. The van der Waals surface area contributed by atoms with Crippen LogP contribution in [0.15, 0.2) is 12.3 Å². The average molecular weight is 186 g/mol. The van der Waals surface area contributed by atoms with E-state index >= 15 is 0 Å². The molecular formula is C7H10N2O4. The van der Waals surface area contributed by atoms with Gasteiger partial charge >= 0.3 is 12.0 Å². The summed E-state index contributed by atoms with van der Waals surface area (Å²) in [5.41, 5.74) is 4.87. The number of carbonyl (C=O) groups excluding carboxylic acids is 1. The Morgan fingerprint density at radius 2 is 2.31 bits per heavy atom. The molecule has 1 aliphatic rings. The first-order chi connectivity index (χ1) is 6.11. The van der Waals surface area contributed by atoms with Gasteiger partial charge in [-0.2, -0.15) is 0 Å². The molecule has 0 saturated carbocycles. The molecule has 6 nitrogen and oxygen atoms in total. The Kier molecular flexibility index (Phi) is 2.73. The van der Waals surface area contributed by atoms with Gasteiger partial charge in [-0.25, -0.2) is 4.79 Å². The molecule has 0 saturated heterocycles. The van der Waals surface area contributed by atoms with E-state index in [4.69, 9.17) is 15.6 Å². The Bertz CT molecular complexity index is 251. The molecule has 1 rings (SSSR count). The Morgan fingerprint density at radius 1 is 1.62 bits per heavy atom. The fourth-order valence-corrected chi connectivity index (χ4v) is 1.08. The predicted molar refractivity (Wildman–Crippen MR) is 42.7 cm³/mol. The van der Waals surface area contributed by atoms with Crippen LogP contribution in [0, 0.1) is 5.92 Å². The molecular weight excluding hydrogens is 176 g/mol. The fourth-order valence-electron chi connectivity index (χ4n) is 1.08. The highest BCUT2D eigenvalue weighted by molar-refractivity contribution is 5.76. The van der Waals surface area contributed by atoms with Crippen molar-refractivity contribution in [1.29, 1.82) is 0 Å². The summed E-state index contributed by atoms with van der Waals surface area (Å²) in [5, 5.41) is 11.0. The summed E-state index contributed by atoms with van der Waals surface area (Å²) in [5.74, 6) is -1.81. The summed E-state index contributed by atoms with van der Waals surface area (Å²) in [6.07, 6.45) is 2.80. The maximum atomic E-state index is 10.6. The van der Waals surface area contributed by atoms with E-state index < -0.39 is 24.0 Å². The van der Waals surface area contributed by atoms with Gasteiger partial charge in [0.05, 0.1) is 12.3 Å². The molecule has 1 aliphatic heterocycles. The molecule has 0 spiro atoms. The lowest BCUT2D eigenvalue weighted by Gasteiger charge is -2.24. The third-order valence-corrected chi connectivity index (χ3v) is 1.72. The Morgan fingerprint density at radius 3 is 2.85 bits per heavy atom. The number of urea groups is 1. The molecule has 13 heavy (non-hydrogen) atoms. The Labute approximate surface area is 74.4 Å². The summed E-state index contributed by atoms with van der Waals surface area (Å²) in [6.45, 7) is 0.0385. The smallest absolute Gasteiger partial charge is 0.312 e. The molecule has 2 amide bonds. The highest BCUT2D eigenvalue weighted by Gasteiger charge is 2.29. The van der Waals surface area contributed by atoms with Crippen LogP contribution in [0.2, 0.25) is 0 Å². The van der Waals surface area contributed by atoms with Crippen LogP contribution in [0.4, 0.5) is 4.79 Å². The highest BCUT2D eigenvalue weighted by Crippen LogP contribution is 2.11. The van der Waals surface area contributed by atoms with Crippen molar-refractivity contribution in [3.8, 4) is 0 Å². The number of carbonyl (C=O) groups is 2. The molecule has 72 valence electrons. The van der Waals surface area contributed by atoms with Gasteiger partial charge in [0.1, 0.15) is 12.5 Å². The highest BCUT2D eigenvalue weighted by atomic mass is 16.5. The van der Waals surface area contributed by atoms with Crippen LogP contribution in [0.3, 0.4) is 0 Å². The minimum absolute atomic E-state index is 0.0385. The van der Waals surface area contributed by atoms with E-state index in [-0.39, 0.29) is 6.61 Å². The zero-order valence-electron chi connectivity index (χ0n) is 6.77. The SMILES string of the molecule is NC(=O)NC1C=COCC1C(=O)O. The number of nitrogens with two attached hydrogens (primary N) is 1. The molecule has 0 fully saturated rings. The maximum Gasteiger partial charge on any atom is 0.312 e.